The van der Waals surface area contributed by atoms with Crippen LogP contribution in [0, 0.1) is 11.6 Å². The van der Waals surface area contributed by atoms with Crippen LogP contribution in [0.25, 0.3) is 0 Å². The van der Waals surface area contributed by atoms with E-state index in [2.05, 4.69) is 10.3 Å². The van der Waals surface area contributed by atoms with E-state index < -0.39 is 40.6 Å². The average molecular weight is 430 g/mol. The van der Waals surface area contributed by atoms with Crippen LogP contribution in [0.1, 0.15) is 15.9 Å². The van der Waals surface area contributed by atoms with Gasteiger partial charge in [0.15, 0.2) is 18.2 Å². The van der Waals surface area contributed by atoms with Crippen molar-refractivity contribution < 1.29 is 36.5 Å². The van der Waals surface area contributed by atoms with Gasteiger partial charge in [-0.05, 0) is 36.4 Å². The van der Waals surface area contributed by atoms with Crippen LogP contribution < -0.4 is 15.0 Å². The predicted octanol–water partition coefficient (Wildman–Crippen LogP) is 5.50. The minimum atomic E-state index is -5.04. The lowest BCUT2D eigenvalue weighted by atomic mass is 10.1. The highest BCUT2D eigenvalue weighted by atomic mass is 35.5. The molecule has 3 aromatic rings. The molecule has 0 unspecified atom stereocenters. The topological polar surface area (TPSA) is 52.5 Å². The molecule has 2 aromatic carbocycles. The molecule has 0 radical (unpaired) electrons. The molecule has 0 bridgehead atoms. The smallest absolute Gasteiger partial charge is 0.419 e. The third-order valence-corrected chi connectivity index (χ3v) is 4.01. The van der Waals surface area contributed by atoms with Crippen molar-refractivity contribution >= 4 is 23.2 Å². The number of alkyl halides is 3. The molecule has 1 heterocycles. The van der Waals surface area contributed by atoms with Gasteiger partial charge < -0.3 is 10.1 Å². The number of nitrogens with one attached hydrogen (secondary N) is 2. The molecule has 29 heavy (non-hydrogen) atoms. The van der Waals surface area contributed by atoms with Crippen molar-refractivity contribution in [2.45, 2.75) is 6.18 Å². The van der Waals surface area contributed by atoms with Gasteiger partial charge in [0.25, 0.3) is 5.91 Å². The van der Waals surface area contributed by atoms with E-state index in [0.29, 0.717) is 6.07 Å². The van der Waals surface area contributed by atoms with Gasteiger partial charge in [0.1, 0.15) is 28.6 Å². The summed E-state index contributed by atoms with van der Waals surface area (Å²) in [6.07, 6.45) is -2.15. The number of aromatic amines is 1. The molecular formula is C19H11ClF5N2O2+. The first-order valence-electron chi connectivity index (χ1n) is 7.97. The van der Waals surface area contributed by atoms with Crippen LogP contribution >= 0.6 is 11.6 Å². The van der Waals surface area contributed by atoms with Gasteiger partial charge in [-0.3, -0.25) is 4.79 Å². The number of hydrogen-bond acceptors (Lipinski definition) is 2. The number of anilines is 1. The van der Waals surface area contributed by atoms with Crippen LogP contribution in [0.4, 0.5) is 27.6 Å². The molecule has 3 rings (SSSR count). The maximum Gasteiger partial charge on any atom is 0.419 e. The quantitative estimate of drug-likeness (QED) is 0.557. The molecular weight excluding hydrogens is 419 g/mol. The lowest BCUT2D eigenvalue weighted by Gasteiger charge is -2.16. The molecule has 150 valence electrons. The monoisotopic (exact) mass is 429 g/mol. The molecule has 0 aliphatic rings. The Labute approximate surface area is 165 Å². The van der Waals surface area contributed by atoms with Gasteiger partial charge in [-0.2, -0.15) is 13.2 Å². The number of amides is 1. The number of hydrogen-bond donors (Lipinski definition) is 1. The summed E-state index contributed by atoms with van der Waals surface area (Å²) in [6.45, 7) is 0. The summed E-state index contributed by atoms with van der Waals surface area (Å²) < 4.78 is 72.5. The van der Waals surface area contributed by atoms with E-state index in [-0.39, 0.29) is 16.5 Å². The van der Waals surface area contributed by atoms with Crippen molar-refractivity contribution in [3.05, 3.63) is 82.6 Å². The Bertz CT molecular complexity index is 1060. The first-order valence-corrected chi connectivity index (χ1v) is 8.34. The maximum atomic E-state index is 14.7. The van der Waals surface area contributed by atoms with Gasteiger partial charge in [-0.15, -0.1) is 0 Å². The number of pyridine rings is 1. The molecule has 0 saturated heterocycles. The summed E-state index contributed by atoms with van der Waals surface area (Å²) in [6, 6.07) is 7.18. The van der Waals surface area contributed by atoms with Gasteiger partial charge in [-0.25, -0.2) is 13.8 Å². The Morgan fingerprint density at radius 2 is 1.79 bits per heavy atom. The van der Waals surface area contributed by atoms with Crippen LogP contribution in [0.15, 0.2) is 54.9 Å². The Hall–Kier alpha value is -3.20. The highest BCUT2D eigenvalue weighted by Gasteiger charge is 2.37. The Morgan fingerprint density at radius 3 is 2.41 bits per heavy atom. The van der Waals surface area contributed by atoms with E-state index in [4.69, 9.17) is 16.3 Å². The van der Waals surface area contributed by atoms with Crippen LogP contribution in [0.5, 0.6) is 11.5 Å². The molecule has 1 amide bonds. The second-order valence-corrected chi connectivity index (χ2v) is 6.13. The average Bonchev–Trinajstić information content (AvgIpc) is 2.64. The SMILES string of the molecule is O=C(Nc1ccc[nH+]c1)c1c(Oc2ccc(F)cc2Cl)ccc(C(F)(F)F)c1F. The van der Waals surface area contributed by atoms with Crippen LogP contribution in [0.2, 0.25) is 5.02 Å². The van der Waals surface area contributed by atoms with Crippen molar-refractivity contribution in [2.75, 3.05) is 5.32 Å². The van der Waals surface area contributed by atoms with Crippen molar-refractivity contribution in [1.82, 2.24) is 0 Å². The van der Waals surface area contributed by atoms with Gasteiger partial charge in [-0.1, -0.05) is 11.6 Å². The van der Waals surface area contributed by atoms with Gasteiger partial charge in [0.2, 0.25) is 0 Å². The number of H-pyrrole nitrogens is 1. The Morgan fingerprint density at radius 1 is 1.07 bits per heavy atom. The van der Waals surface area contributed by atoms with E-state index in [1.807, 2.05) is 0 Å². The van der Waals surface area contributed by atoms with Crippen molar-refractivity contribution in [3.63, 3.8) is 0 Å². The standard InChI is InChI=1S/C19H10ClF5N2O2/c20-13-8-10(21)3-5-14(13)29-15-6-4-12(19(23,24)25)17(22)16(15)18(28)27-11-2-1-7-26-9-11/h1-9H,(H,27,28)/p+1. The summed E-state index contributed by atoms with van der Waals surface area (Å²) in [4.78, 5) is 15.2. The number of carbonyl (C=O) groups is 1. The molecule has 0 atom stereocenters. The normalized spacial score (nSPS) is 11.2. The molecule has 0 spiro atoms. The second-order valence-electron chi connectivity index (χ2n) is 5.72. The minimum Gasteiger partial charge on any atom is -0.455 e. The molecule has 0 aliphatic heterocycles. The molecule has 0 fully saturated rings. The zero-order valence-corrected chi connectivity index (χ0v) is 15.0. The number of ether oxygens (including phenoxy) is 1. The first kappa shape index (κ1) is 20.5. The summed E-state index contributed by atoms with van der Waals surface area (Å²) in [7, 11) is 0. The number of halogens is 6. The number of rotatable bonds is 4. The fraction of sp³-hybridized carbons (Fsp3) is 0.0526. The molecule has 0 saturated carbocycles. The summed E-state index contributed by atoms with van der Waals surface area (Å²) >= 11 is 5.84. The molecule has 4 nitrogen and oxygen atoms in total. The number of aromatic nitrogens is 1. The Balaban J connectivity index is 2.07. The van der Waals surface area contributed by atoms with E-state index in [1.165, 1.54) is 24.5 Å². The van der Waals surface area contributed by atoms with Gasteiger partial charge >= 0.3 is 6.18 Å². The Kier molecular flexibility index (Phi) is 5.69. The highest BCUT2D eigenvalue weighted by molar-refractivity contribution is 6.32. The largest absolute Gasteiger partial charge is 0.455 e. The number of carbonyl (C=O) groups excluding carboxylic acids is 1. The van der Waals surface area contributed by atoms with E-state index >= 15 is 0 Å². The zero-order valence-electron chi connectivity index (χ0n) is 14.3. The first-order chi connectivity index (χ1) is 13.7. The van der Waals surface area contributed by atoms with Crippen LogP contribution in [-0.4, -0.2) is 5.91 Å². The molecule has 0 aliphatic carbocycles. The van der Waals surface area contributed by atoms with E-state index in [9.17, 15) is 26.7 Å². The third kappa shape index (κ3) is 4.62. The lowest BCUT2D eigenvalue weighted by molar-refractivity contribution is -0.377. The van der Waals surface area contributed by atoms with Crippen molar-refractivity contribution in [1.29, 1.82) is 0 Å². The zero-order chi connectivity index (χ0) is 21.2. The lowest BCUT2D eigenvalue weighted by Crippen LogP contribution is -2.19. The fourth-order valence-corrected chi connectivity index (χ4v) is 2.62. The maximum absolute atomic E-state index is 14.7. The summed E-state index contributed by atoms with van der Waals surface area (Å²) in [5.41, 5.74) is -2.44. The molecule has 2 N–H and O–H groups in total. The second kappa shape index (κ2) is 8.04. The summed E-state index contributed by atoms with van der Waals surface area (Å²) in [5, 5.41) is 2.06. The molecule has 10 heteroatoms. The minimum absolute atomic E-state index is 0.172. The predicted molar refractivity (Wildman–Crippen MR) is 93.8 cm³/mol. The summed E-state index contributed by atoms with van der Waals surface area (Å²) in [5.74, 6) is -4.37. The molecule has 1 aromatic heterocycles. The van der Waals surface area contributed by atoms with Crippen molar-refractivity contribution in [3.8, 4) is 11.5 Å². The van der Waals surface area contributed by atoms with Gasteiger partial charge in [0.05, 0.1) is 10.6 Å². The highest BCUT2D eigenvalue weighted by Crippen LogP contribution is 2.38. The van der Waals surface area contributed by atoms with Crippen molar-refractivity contribution in [2.24, 2.45) is 0 Å². The van der Waals surface area contributed by atoms with Crippen LogP contribution in [0.3, 0.4) is 0 Å². The van der Waals surface area contributed by atoms with E-state index in [0.717, 1.165) is 24.3 Å². The van der Waals surface area contributed by atoms with Crippen LogP contribution in [-0.2, 0) is 6.18 Å². The van der Waals surface area contributed by atoms with Gasteiger partial charge in [0, 0.05) is 6.07 Å². The third-order valence-electron chi connectivity index (χ3n) is 3.71. The number of benzene rings is 2. The van der Waals surface area contributed by atoms with E-state index in [1.54, 1.807) is 0 Å². The fourth-order valence-electron chi connectivity index (χ4n) is 2.42.